The highest BCUT2D eigenvalue weighted by Gasteiger charge is 2.12. The van der Waals surface area contributed by atoms with Crippen molar-refractivity contribution in [3.63, 3.8) is 0 Å². The Bertz CT molecular complexity index is 1010. The number of hydrogen-bond acceptors (Lipinski definition) is 7. The molecule has 3 rings (SSSR count). The van der Waals surface area contributed by atoms with Gasteiger partial charge >= 0.3 is 0 Å². The minimum Gasteiger partial charge on any atom is -0.369 e. The second-order valence-corrected chi connectivity index (χ2v) is 5.05. The van der Waals surface area contributed by atoms with Crippen LogP contribution in [0.25, 0.3) is 16.9 Å². The standard InChI is InChI=1S/C16H11N7O/c1-10(4-17)22-14-3-15(19-7-13(14)9-24)23-16-12(8-21-23)2-11(5-18)6-20-16/h2-3,6-10H,1H3,(H,19,22)/t10-/m1/s1. The van der Waals surface area contributed by atoms with Gasteiger partial charge in [-0.05, 0) is 13.0 Å². The molecule has 0 fully saturated rings. The van der Waals surface area contributed by atoms with Crippen LogP contribution >= 0.6 is 0 Å². The monoisotopic (exact) mass is 317 g/mol. The first-order chi connectivity index (χ1) is 11.7. The summed E-state index contributed by atoms with van der Waals surface area (Å²) >= 11 is 0. The summed E-state index contributed by atoms with van der Waals surface area (Å²) in [5.74, 6) is 0.445. The maximum absolute atomic E-state index is 11.1. The van der Waals surface area contributed by atoms with Crippen molar-refractivity contribution in [2.24, 2.45) is 0 Å². The normalized spacial score (nSPS) is 11.5. The predicted molar refractivity (Wildman–Crippen MR) is 85.5 cm³/mol. The fourth-order valence-corrected chi connectivity index (χ4v) is 2.21. The van der Waals surface area contributed by atoms with Gasteiger partial charge in [0.25, 0.3) is 0 Å². The number of carbonyl (C=O) groups is 1. The second kappa shape index (κ2) is 6.15. The van der Waals surface area contributed by atoms with Crippen LogP contribution in [0.2, 0.25) is 0 Å². The molecule has 24 heavy (non-hydrogen) atoms. The Morgan fingerprint density at radius 3 is 2.79 bits per heavy atom. The van der Waals surface area contributed by atoms with Crippen LogP contribution < -0.4 is 5.32 Å². The van der Waals surface area contributed by atoms with Crippen LogP contribution in [0.5, 0.6) is 0 Å². The summed E-state index contributed by atoms with van der Waals surface area (Å²) in [6, 6.07) is 6.92. The minimum atomic E-state index is -0.468. The maximum atomic E-state index is 11.1. The van der Waals surface area contributed by atoms with Gasteiger partial charge in [-0.1, -0.05) is 0 Å². The van der Waals surface area contributed by atoms with E-state index in [1.807, 2.05) is 12.1 Å². The van der Waals surface area contributed by atoms with E-state index in [4.69, 9.17) is 10.5 Å². The molecular weight excluding hydrogens is 306 g/mol. The van der Waals surface area contributed by atoms with E-state index >= 15 is 0 Å². The molecular formula is C16H11N7O. The molecule has 1 atom stereocenters. The number of rotatable bonds is 4. The number of aldehydes is 1. The Hall–Kier alpha value is -3.78. The molecule has 8 heteroatoms. The average molecular weight is 317 g/mol. The van der Waals surface area contributed by atoms with E-state index in [1.165, 1.54) is 17.1 Å². The molecule has 0 amide bonds. The molecule has 3 aromatic heterocycles. The van der Waals surface area contributed by atoms with Gasteiger partial charge in [-0.3, -0.25) is 4.79 Å². The molecule has 0 spiro atoms. The highest BCUT2D eigenvalue weighted by Crippen LogP contribution is 2.21. The van der Waals surface area contributed by atoms with Gasteiger partial charge < -0.3 is 5.32 Å². The molecule has 0 aliphatic carbocycles. The van der Waals surface area contributed by atoms with E-state index in [2.05, 4.69) is 20.4 Å². The number of nitrogens with zero attached hydrogens (tertiary/aromatic N) is 6. The largest absolute Gasteiger partial charge is 0.369 e. The minimum absolute atomic E-state index is 0.344. The van der Waals surface area contributed by atoms with E-state index < -0.39 is 6.04 Å². The Balaban J connectivity index is 2.10. The smallest absolute Gasteiger partial charge is 0.164 e. The van der Waals surface area contributed by atoms with E-state index in [1.54, 1.807) is 25.3 Å². The first-order valence-electron chi connectivity index (χ1n) is 7.02. The molecule has 3 heterocycles. The number of hydrogen-bond donors (Lipinski definition) is 1. The van der Waals surface area contributed by atoms with Gasteiger partial charge in [0, 0.05) is 23.8 Å². The Morgan fingerprint density at radius 1 is 1.25 bits per heavy atom. The lowest BCUT2D eigenvalue weighted by molar-refractivity contribution is 0.112. The van der Waals surface area contributed by atoms with Crippen molar-refractivity contribution in [2.45, 2.75) is 13.0 Å². The third kappa shape index (κ3) is 2.64. The van der Waals surface area contributed by atoms with Crippen LogP contribution in [0.15, 0.2) is 30.7 Å². The zero-order valence-corrected chi connectivity index (χ0v) is 12.6. The lowest BCUT2D eigenvalue weighted by Gasteiger charge is -2.11. The summed E-state index contributed by atoms with van der Waals surface area (Å²) < 4.78 is 1.51. The quantitative estimate of drug-likeness (QED) is 0.728. The average Bonchev–Trinajstić information content (AvgIpc) is 3.04. The first-order valence-corrected chi connectivity index (χ1v) is 7.02. The summed E-state index contributed by atoms with van der Waals surface area (Å²) in [6.45, 7) is 1.68. The number of nitrogens with one attached hydrogen (secondary N) is 1. The van der Waals surface area contributed by atoms with Crippen molar-refractivity contribution in [1.82, 2.24) is 19.7 Å². The number of nitriles is 2. The zero-order chi connectivity index (χ0) is 17.1. The summed E-state index contributed by atoms with van der Waals surface area (Å²) in [5.41, 5.74) is 1.81. The summed E-state index contributed by atoms with van der Waals surface area (Å²) in [5, 5.41) is 25.7. The molecule has 0 aromatic carbocycles. The first kappa shape index (κ1) is 15.1. The number of aromatic nitrogens is 4. The predicted octanol–water partition coefficient (Wildman–Crippen LogP) is 1.82. The van der Waals surface area contributed by atoms with Gasteiger partial charge in [0.1, 0.15) is 12.1 Å². The molecule has 0 aliphatic heterocycles. The van der Waals surface area contributed by atoms with Gasteiger partial charge in [-0.15, -0.1) is 0 Å². The lowest BCUT2D eigenvalue weighted by Crippen LogP contribution is -2.14. The highest BCUT2D eigenvalue weighted by molar-refractivity contribution is 5.85. The number of anilines is 1. The maximum Gasteiger partial charge on any atom is 0.164 e. The Labute approximate surface area is 137 Å². The van der Waals surface area contributed by atoms with E-state index in [0.29, 0.717) is 40.0 Å². The van der Waals surface area contributed by atoms with Crippen molar-refractivity contribution in [2.75, 3.05) is 5.32 Å². The van der Waals surface area contributed by atoms with Crippen molar-refractivity contribution in [3.8, 4) is 18.0 Å². The fourth-order valence-electron chi connectivity index (χ4n) is 2.21. The Kier molecular flexibility index (Phi) is 3.87. The van der Waals surface area contributed by atoms with Crippen LogP contribution in [0, 0.1) is 22.7 Å². The lowest BCUT2D eigenvalue weighted by atomic mass is 10.2. The van der Waals surface area contributed by atoms with Crippen LogP contribution in [0.1, 0.15) is 22.8 Å². The number of fused-ring (bicyclic) bond motifs is 1. The van der Waals surface area contributed by atoms with E-state index in [-0.39, 0.29) is 0 Å². The third-order valence-corrected chi connectivity index (χ3v) is 3.37. The second-order valence-electron chi connectivity index (χ2n) is 5.05. The van der Waals surface area contributed by atoms with Crippen molar-refractivity contribution < 1.29 is 4.79 Å². The van der Waals surface area contributed by atoms with Crippen LogP contribution in [0.3, 0.4) is 0 Å². The molecule has 0 aliphatic rings. The van der Waals surface area contributed by atoms with Crippen LogP contribution in [-0.2, 0) is 0 Å². The van der Waals surface area contributed by atoms with E-state index in [9.17, 15) is 4.79 Å². The Morgan fingerprint density at radius 2 is 2.08 bits per heavy atom. The molecule has 3 aromatic rings. The third-order valence-electron chi connectivity index (χ3n) is 3.37. The van der Waals surface area contributed by atoms with Crippen LogP contribution in [0.4, 0.5) is 5.69 Å². The summed E-state index contributed by atoms with van der Waals surface area (Å²) in [4.78, 5) is 19.6. The molecule has 0 radical (unpaired) electrons. The molecule has 116 valence electrons. The van der Waals surface area contributed by atoms with Gasteiger partial charge in [0.2, 0.25) is 0 Å². The zero-order valence-electron chi connectivity index (χ0n) is 12.6. The van der Waals surface area contributed by atoms with Crippen LogP contribution in [-0.4, -0.2) is 32.1 Å². The molecule has 0 saturated heterocycles. The highest BCUT2D eigenvalue weighted by atomic mass is 16.1. The molecule has 8 nitrogen and oxygen atoms in total. The fraction of sp³-hybridized carbons (Fsp3) is 0.125. The van der Waals surface area contributed by atoms with Crippen molar-refractivity contribution >= 4 is 23.0 Å². The van der Waals surface area contributed by atoms with E-state index in [0.717, 1.165) is 0 Å². The van der Waals surface area contributed by atoms with Gasteiger partial charge in [0.05, 0.1) is 29.1 Å². The molecule has 1 N–H and O–H groups in total. The number of pyridine rings is 2. The van der Waals surface area contributed by atoms with Crippen molar-refractivity contribution in [3.05, 3.63) is 41.9 Å². The van der Waals surface area contributed by atoms with Crippen molar-refractivity contribution in [1.29, 1.82) is 10.5 Å². The summed E-state index contributed by atoms with van der Waals surface area (Å²) in [6.07, 6.45) is 5.12. The van der Waals surface area contributed by atoms with Gasteiger partial charge in [0.15, 0.2) is 17.8 Å². The molecule has 0 saturated carbocycles. The number of carbonyl (C=O) groups excluding carboxylic acids is 1. The topological polar surface area (TPSA) is 120 Å². The van der Waals surface area contributed by atoms with Gasteiger partial charge in [-0.25, -0.2) is 9.97 Å². The molecule has 0 bridgehead atoms. The summed E-state index contributed by atoms with van der Waals surface area (Å²) in [7, 11) is 0. The SMILES string of the molecule is C[C@H](C#N)Nc1cc(-n2ncc3cc(C#N)cnc32)ncc1C=O. The molecule has 0 unspecified atom stereocenters. The van der Waals surface area contributed by atoms with Gasteiger partial charge in [-0.2, -0.15) is 20.3 Å².